The summed E-state index contributed by atoms with van der Waals surface area (Å²) in [6.45, 7) is 6.30. The summed E-state index contributed by atoms with van der Waals surface area (Å²) in [5.74, 6) is 1.66. The lowest BCUT2D eigenvalue weighted by Crippen LogP contribution is -2.44. The molecule has 1 saturated heterocycles. The number of furan rings is 1. The van der Waals surface area contributed by atoms with Crippen molar-refractivity contribution in [3.8, 4) is 11.3 Å². The SMILES string of the molecule is Cc1ccc(-c2ccc(CCC(=O)Nc3ccc(N4CCN(C)CC4)cc3)o2)cc1. The standard InChI is InChI=1S/C25H29N3O2/c1-19-3-5-20(6-4-19)24-13-11-23(30-24)12-14-25(29)26-21-7-9-22(10-8-21)28-17-15-27(2)16-18-28/h3-11,13H,12,14-18H2,1-2H3,(H,26,29). The Labute approximate surface area is 178 Å². The zero-order valence-electron chi connectivity index (χ0n) is 17.7. The van der Waals surface area contributed by atoms with E-state index in [0.717, 1.165) is 49.0 Å². The van der Waals surface area contributed by atoms with Crippen molar-refractivity contribution < 1.29 is 9.21 Å². The first-order valence-corrected chi connectivity index (χ1v) is 10.6. The van der Waals surface area contributed by atoms with E-state index in [0.29, 0.717) is 12.8 Å². The van der Waals surface area contributed by atoms with Gasteiger partial charge in [-0.3, -0.25) is 4.79 Å². The molecular formula is C25H29N3O2. The van der Waals surface area contributed by atoms with Crippen LogP contribution in [0.5, 0.6) is 0 Å². The highest BCUT2D eigenvalue weighted by Crippen LogP contribution is 2.23. The minimum atomic E-state index is -0.00404. The van der Waals surface area contributed by atoms with Crippen molar-refractivity contribution in [2.24, 2.45) is 0 Å². The Morgan fingerprint density at radius 2 is 1.63 bits per heavy atom. The number of anilines is 2. The number of aryl methyl sites for hydroxylation is 2. The molecule has 1 amide bonds. The number of rotatable bonds is 6. The Balaban J connectivity index is 1.27. The molecule has 2 heterocycles. The van der Waals surface area contributed by atoms with Crippen molar-refractivity contribution in [2.45, 2.75) is 19.8 Å². The van der Waals surface area contributed by atoms with Gasteiger partial charge in [-0.05, 0) is 50.4 Å². The quantitative estimate of drug-likeness (QED) is 0.655. The first kappa shape index (κ1) is 20.2. The fourth-order valence-corrected chi connectivity index (χ4v) is 3.67. The zero-order valence-corrected chi connectivity index (χ0v) is 17.7. The number of nitrogens with zero attached hydrogens (tertiary/aromatic N) is 2. The van der Waals surface area contributed by atoms with Crippen LogP contribution >= 0.6 is 0 Å². The van der Waals surface area contributed by atoms with Crippen molar-refractivity contribution in [2.75, 3.05) is 43.4 Å². The Kier molecular flexibility index (Phi) is 6.19. The second kappa shape index (κ2) is 9.18. The molecule has 5 heteroatoms. The first-order chi connectivity index (χ1) is 14.6. The molecule has 2 aromatic carbocycles. The van der Waals surface area contributed by atoms with Gasteiger partial charge in [-0.2, -0.15) is 0 Å². The fraction of sp³-hybridized carbons (Fsp3) is 0.320. The van der Waals surface area contributed by atoms with Crippen molar-refractivity contribution in [1.82, 2.24) is 4.90 Å². The molecule has 0 spiro atoms. The van der Waals surface area contributed by atoms with Crippen LogP contribution in [0.4, 0.5) is 11.4 Å². The van der Waals surface area contributed by atoms with E-state index in [2.05, 4.69) is 65.5 Å². The second-order valence-electron chi connectivity index (χ2n) is 8.02. The van der Waals surface area contributed by atoms with E-state index in [4.69, 9.17) is 4.42 Å². The smallest absolute Gasteiger partial charge is 0.224 e. The number of hydrogen-bond donors (Lipinski definition) is 1. The number of nitrogens with one attached hydrogen (secondary N) is 1. The highest BCUT2D eigenvalue weighted by atomic mass is 16.3. The average molecular weight is 404 g/mol. The molecule has 1 aromatic heterocycles. The Hall–Kier alpha value is -3.05. The molecule has 4 rings (SSSR count). The number of hydrogen-bond acceptors (Lipinski definition) is 4. The van der Waals surface area contributed by atoms with Crippen molar-refractivity contribution >= 4 is 17.3 Å². The minimum absolute atomic E-state index is 0.00404. The summed E-state index contributed by atoms with van der Waals surface area (Å²) in [5.41, 5.74) is 4.31. The maximum absolute atomic E-state index is 12.4. The Morgan fingerprint density at radius 1 is 0.933 bits per heavy atom. The van der Waals surface area contributed by atoms with Gasteiger partial charge in [-0.25, -0.2) is 0 Å². The van der Waals surface area contributed by atoms with E-state index in [-0.39, 0.29) is 5.91 Å². The lowest BCUT2D eigenvalue weighted by Gasteiger charge is -2.34. The highest BCUT2D eigenvalue weighted by Gasteiger charge is 2.14. The molecule has 1 aliphatic heterocycles. The topological polar surface area (TPSA) is 48.7 Å². The van der Waals surface area contributed by atoms with Crippen LogP contribution < -0.4 is 10.2 Å². The maximum Gasteiger partial charge on any atom is 0.224 e. The zero-order chi connectivity index (χ0) is 20.9. The molecule has 1 N–H and O–H groups in total. The molecule has 0 bridgehead atoms. The minimum Gasteiger partial charge on any atom is -0.461 e. The molecule has 5 nitrogen and oxygen atoms in total. The van der Waals surface area contributed by atoms with Crippen LogP contribution in [0.15, 0.2) is 65.1 Å². The molecule has 0 atom stereocenters. The first-order valence-electron chi connectivity index (χ1n) is 10.6. The predicted octanol–water partition coefficient (Wildman–Crippen LogP) is 4.58. The van der Waals surface area contributed by atoms with Gasteiger partial charge in [-0.1, -0.05) is 29.8 Å². The fourth-order valence-electron chi connectivity index (χ4n) is 3.67. The van der Waals surface area contributed by atoms with Gasteiger partial charge in [0.15, 0.2) is 0 Å². The summed E-state index contributed by atoms with van der Waals surface area (Å²) >= 11 is 0. The van der Waals surface area contributed by atoms with Crippen LogP contribution in [0.25, 0.3) is 11.3 Å². The van der Waals surface area contributed by atoms with Gasteiger partial charge in [0.05, 0.1) is 0 Å². The van der Waals surface area contributed by atoms with Gasteiger partial charge >= 0.3 is 0 Å². The van der Waals surface area contributed by atoms with E-state index < -0.39 is 0 Å². The summed E-state index contributed by atoms with van der Waals surface area (Å²) in [6.07, 6.45) is 0.970. The van der Waals surface area contributed by atoms with Crippen LogP contribution in [0.3, 0.4) is 0 Å². The summed E-state index contributed by atoms with van der Waals surface area (Å²) in [6, 6.07) is 20.3. The van der Waals surface area contributed by atoms with Crippen molar-refractivity contribution in [3.05, 3.63) is 72.0 Å². The normalized spacial score (nSPS) is 14.7. The largest absolute Gasteiger partial charge is 0.461 e. The van der Waals surface area contributed by atoms with Gasteiger partial charge in [0, 0.05) is 56.0 Å². The van der Waals surface area contributed by atoms with Gasteiger partial charge in [0.1, 0.15) is 11.5 Å². The van der Waals surface area contributed by atoms with Crippen LogP contribution in [-0.4, -0.2) is 44.0 Å². The summed E-state index contributed by atoms with van der Waals surface area (Å²) in [5, 5.41) is 2.99. The molecule has 1 aliphatic rings. The maximum atomic E-state index is 12.4. The Bertz CT molecular complexity index is 968. The van der Waals surface area contributed by atoms with Gasteiger partial charge in [0.2, 0.25) is 5.91 Å². The summed E-state index contributed by atoms with van der Waals surface area (Å²) in [4.78, 5) is 17.1. The molecule has 0 aliphatic carbocycles. The molecule has 156 valence electrons. The second-order valence-corrected chi connectivity index (χ2v) is 8.02. The molecule has 0 unspecified atom stereocenters. The summed E-state index contributed by atoms with van der Waals surface area (Å²) in [7, 11) is 2.15. The Morgan fingerprint density at radius 3 is 2.33 bits per heavy atom. The van der Waals surface area contributed by atoms with Crippen molar-refractivity contribution in [3.63, 3.8) is 0 Å². The van der Waals surface area contributed by atoms with E-state index in [1.807, 2.05) is 24.3 Å². The number of amides is 1. The van der Waals surface area contributed by atoms with Crippen LogP contribution in [0, 0.1) is 6.92 Å². The van der Waals surface area contributed by atoms with Crippen LogP contribution in [0.1, 0.15) is 17.7 Å². The third kappa shape index (κ3) is 5.10. The van der Waals surface area contributed by atoms with E-state index in [1.54, 1.807) is 0 Å². The summed E-state index contributed by atoms with van der Waals surface area (Å²) < 4.78 is 5.91. The third-order valence-corrected chi connectivity index (χ3v) is 5.62. The van der Waals surface area contributed by atoms with Gasteiger partial charge in [-0.15, -0.1) is 0 Å². The van der Waals surface area contributed by atoms with E-state index in [9.17, 15) is 4.79 Å². The molecule has 1 fully saturated rings. The molecule has 30 heavy (non-hydrogen) atoms. The lowest BCUT2D eigenvalue weighted by molar-refractivity contribution is -0.116. The average Bonchev–Trinajstić information content (AvgIpc) is 3.23. The lowest BCUT2D eigenvalue weighted by atomic mass is 10.1. The number of carbonyl (C=O) groups is 1. The molecule has 3 aromatic rings. The molecule has 0 radical (unpaired) electrons. The third-order valence-electron chi connectivity index (χ3n) is 5.62. The van der Waals surface area contributed by atoms with E-state index in [1.165, 1.54) is 11.3 Å². The van der Waals surface area contributed by atoms with Crippen molar-refractivity contribution in [1.29, 1.82) is 0 Å². The van der Waals surface area contributed by atoms with Gasteiger partial charge in [0.25, 0.3) is 0 Å². The monoisotopic (exact) mass is 403 g/mol. The number of piperazine rings is 1. The van der Waals surface area contributed by atoms with Gasteiger partial charge < -0.3 is 19.5 Å². The number of carbonyl (C=O) groups excluding carboxylic acids is 1. The molecular weight excluding hydrogens is 374 g/mol. The predicted molar refractivity (Wildman–Crippen MR) is 122 cm³/mol. The molecule has 0 saturated carbocycles. The number of likely N-dealkylation sites (N-methyl/N-ethyl adjacent to an activating group) is 1. The highest BCUT2D eigenvalue weighted by molar-refractivity contribution is 5.91. The van der Waals surface area contributed by atoms with Crippen LogP contribution in [0.2, 0.25) is 0 Å². The number of benzene rings is 2. The van der Waals surface area contributed by atoms with Crippen LogP contribution in [-0.2, 0) is 11.2 Å². The van der Waals surface area contributed by atoms with E-state index >= 15 is 0 Å².